The normalized spacial score (nSPS) is 23.9. The highest BCUT2D eigenvalue weighted by Gasteiger charge is 2.32. The van der Waals surface area contributed by atoms with E-state index < -0.39 is 9.84 Å². The molecule has 9 heteroatoms. The van der Waals surface area contributed by atoms with E-state index >= 15 is 0 Å². The third kappa shape index (κ3) is 5.09. The molecule has 0 saturated carbocycles. The van der Waals surface area contributed by atoms with E-state index in [1.54, 1.807) is 0 Å². The number of piperazine rings is 1. The maximum Gasteiger partial charge on any atom is 0.226 e. The number of aromatic nitrogens is 2. The van der Waals surface area contributed by atoms with Gasteiger partial charge in [-0.1, -0.05) is 12.2 Å². The average molecular weight is 448 g/mol. The monoisotopic (exact) mass is 447 g/mol. The Balaban J connectivity index is 1.50. The summed E-state index contributed by atoms with van der Waals surface area (Å²) in [6.07, 6.45) is 11.2. The van der Waals surface area contributed by atoms with Crippen LogP contribution in [0.2, 0.25) is 0 Å². The summed E-state index contributed by atoms with van der Waals surface area (Å²) in [4.78, 5) is 28.6. The van der Waals surface area contributed by atoms with Gasteiger partial charge in [0.2, 0.25) is 11.9 Å². The van der Waals surface area contributed by atoms with Crippen molar-refractivity contribution in [3.63, 3.8) is 0 Å². The van der Waals surface area contributed by atoms with Crippen LogP contribution in [0.25, 0.3) is 0 Å². The number of hydrogen-bond donors (Lipinski definition) is 0. The fraction of sp³-hybridized carbons (Fsp3) is 0.682. The first-order chi connectivity index (χ1) is 14.8. The van der Waals surface area contributed by atoms with Crippen molar-refractivity contribution < 1.29 is 13.2 Å². The van der Waals surface area contributed by atoms with E-state index in [4.69, 9.17) is 4.98 Å². The van der Waals surface area contributed by atoms with Gasteiger partial charge in [0, 0.05) is 57.4 Å². The van der Waals surface area contributed by atoms with Crippen LogP contribution < -0.4 is 4.90 Å². The van der Waals surface area contributed by atoms with Crippen LogP contribution in [-0.4, -0.2) is 86.7 Å². The molecule has 1 atom stereocenters. The molecule has 1 unspecified atom stereocenters. The SMILES string of the molecule is CN1CCN(c2ncc(S(C)(=O)=O)c(C3CCN(C(=O)C4CC=CCC4)CC3)n2)CC1. The smallest absolute Gasteiger partial charge is 0.226 e. The molecule has 2 aliphatic heterocycles. The third-order valence-corrected chi connectivity index (χ3v) is 7.88. The lowest BCUT2D eigenvalue weighted by molar-refractivity contribution is -0.136. The molecule has 0 bridgehead atoms. The number of carbonyl (C=O) groups excluding carboxylic acids is 1. The minimum Gasteiger partial charge on any atom is -0.342 e. The molecule has 3 aliphatic rings. The summed E-state index contributed by atoms with van der Waals surface area (Å²) in [7, 11) is -1.33. The Morgan fingerprint density at radius 3 is 2.35 bits per heavy atom. The van der Waals surface area contributed by atoms with Crippen molar-refractivity contribution in [3.8, 4) is 0 Å². The van der Waals surface area contributed by atoms with E-state index in [1.807, 2.05) is 4.90 Å². The van der Waals surface area contributed by atoms with Crippen LogP contribution in [0.5, 0.6) is 0 Å². The lowest BCUT2D eigenvalue weighted by Crippen LogP contribution is -2.45. The first kappa shape index (κ1) is 22.2. The van der Waals surface area contributed by atoms with Gasteiger partial charge in [-0.25, -0.2) is 18.4 Å². The zero-order valence-corrected chi connectivity index (χ0v) is 19.4. The van der Waals surface area contributed by atoms with E-state index in [0.717, 1.165) is 58.3 Å². The Kier molecular flexibility index (Phi) is 6.62. The number of rotatable bonds is 4. The molecule has 31 heavy (non-hydrogen) atoms. The third-order valence-electron chi connectivity index (χ3n) is 6.77. The minimum atomic E-state index is -3.43. The number of likely N-dealkylation sites (tertiary alicyclic amines) is 1. The lowest BCUT2D eigenvalue weighted by Gasteiger charge is -2.35. The van der Waals surface area contributed by atoms with Crippen molar-refractivity contribution in [2.45, 2.75) is 42.9 Å². The standard InChI is InChI=1S/C22H33N5O3S/c1-25-12-14-27(15-13-25)22-23-16-19(31(2,29)30)20(24-22)17-8-10-26(11-9-17)21(28)18-6-4-3-5-7-18/h3-4,16-18H,5-15H2,1-2H3. The van der Waals surface area contributed by atoms with Crippen LogP contribution in [0, 0.1) is 5.92 Å². The second kappa shape index (κ2) is 9.24. The molecule has 2 fully saturated rings. The predicted molar refractivity (Wildman–Crippen MR) is 120 cm³/mol. The molecule has 2 saturated heterocycles. The predicted octanol–water partition coefficient (Wildman–Crippen LogP) is 1.69. The molecule has 0 spiro atoms. The van der Waals surface area contributed by atoms with E-state index in [0.29, 0.717) is 24.7 Å². The second-order valence-electron chi connectivity index (χ2n) is 9.06. The Labute approximate surface area is 185 Å². The largest absolute Gasteiger partial charge is 0.342 e. The summed E-state index contributed by atoms with van der Waals surface area (Å²) in [5.41, 5.74) is 0.624. The van der Waals surface area contributed by atoms with Crippen LogP contribution in [0.15, 0.2) is 23.2 Å². The molecule has 3 heterocycles. The molecule has 8 nitrogen and oxygen atoms in total. The molecule has 0 aromatic carbocycles. The second-order valence-corrected chi connectivity index (χ2v) is 11.0. The Morgan fingerprint density at radius 1 is 1.03 bits per heavy atom. The number of piperidine rings is 1. The maximum atomic E-state index is 12.9. The summed E-state index contributed by atoms with van der Waals surface area (Å²) in [6.45, 7) is 4.84. The van der Waals surface area contributed by atoms with Gasteiger partial charge >= 0.3 is 0 Å². The first-order valence-electron chi connectivity index (χ1n) is 11.3. The molecule has 0 N–H and O–H groups in total. The van der Waals surface area contributed by atoms with Gasteiger partial charge in [-0.05, 0) is 39.2 Å². The van der Waals surface area contributed by atoms with Crippen LogP contribution in [0.3, 0.4) is 0 Å². The molecule has 1 aromatic heterocycles. The highest BCUT2D eigenvalue weighted by Crippen LogP contribution is 2.33. The maximum absolute atomic E-state index is 12.9. The summed E-state index contributed by atoms with van der Waals surface area (Å²) < 4.78 is 24.9. The van der Waals surface area contributed by atoms with Gasteiger partial charge in [-0.15, -0.1) is 0 Å². The van der Waals surface area contributed by atoms with Crippen molar-refractivity contribution in [2.75, 3.05) is 57.5 Å². The number of hydrogen-bond acceptors (Lipinski definition) is 7. The van der Waals surface area contributed by atoms with Gasteiger partial charge < -0.3 is 14.7 Å². The number of likely N-dealkylation sites (N-methyl/N-ethyl adjacent to an activating group) is 1. The van der Waals surface area contributed by atoms with Crippen LogP contribution >= 0.6 is 0 Å². The minimum absolute atomic E-state index is 0.0224. The van der Waals surface area contributed by atoms with Crippen molar-refractivity contribution in [2.24, 2.45) is 5.92 Å². The molecular weight excluding hydrogens is 414 g/mol. The summed E-state index contributed by atoms with van der Waals surface area (Å²) in [6, 6.07) is 0. The topological polar surface area (TPSA) is 86.7 Å². The van der Waals surface area contributed by atoms with Crippen LogP contribution in [-0.2, 0) is 14.6 Å². The Hall–Kier alpha value is -2.00. The molecule has 0 radical (unpaired) electrons. The van der Waals surface area contributed by atoms with E-state index in [-0.39, 0.29) is 22.6 Å². The number of nitrogens with zero attached hydrogens (tertiary/aromatic N) is 5. The van der Waals surface area contributed by atoms with E-state index in [9.17, 15) is 13.2 Å². The van der Waals surface area contributed by atoms with Gasteiger partial charge in [0.05, 0.1) is 11.9 Å². The van der Waals surface area contributed by atoms with E-state index in [2.05, 4.69) is 34.0 Å². The van der Waals surface area contributed by atoms with E-state index in [1.165, 1.54) is 12.5 Å². The van der Waals surface area contributed by atoms with Gasteiger partial charge in [0.1, 0.15) is 4.90 Å². The van der Waals surface area contributed by atoms with Crippen molar-refractivity contribution >= 4 is 21.7 Å². The lowest BCUT2D eigenvalue weighted by atomic mass is 9.89. The molecule has 4 rings (SSSR count). The highest BCUT2D eigenvalue weighted by atomic mass is 32.2. The number of allylic oxidation sites excluding steroid dienone is 2. The summed E-state index contributed by atoms with van der Waals surface area (Å²) >= 11 is 0. The van der Waals surface area contributed by atoms with Gasteiger partial charge in [-0.2, -0.15) is 0 Å². The van der Waals surface area contributed by atoms with Gasteiger partial charge in [0.15, 0.2) is 9.84 Å². The number of amides is 1. The molecule has 170 valence electrons. The summed E-state index contributed by atoms with van der Waals surface area (Å²) in [5, 5.41) is 0. The summed E-state index contributed by atoms with van der Waals surface area (Å²) in [5.74, 6) is 0.972. The zero-order chi connectivity index (χ0) is 22.0. The molecular formula is C22H33N5O3S. The molecule has 1 aliphatic carbocycles. The van der Waals surface area contributed by atoms with Crippen molar-refractivity contribution in [1.29, 1.82) is 0 Å². The first-order valence-corrected chi connectivity index (χ1v) is 13.2. The molecule has 1 aromatic rings. The average Bonchev–Trinajstić information content (AvgIpc) is 2.79. The van der Waals surface area contributed by atoms with Crippen molar-refractivity contribution in [3.05, 3.63) is 24.0 Å². The Morgan fingerprint density at radius 2 is 1.74 bits per heavy atom. The van der Waals surface area contributed by atoms with Gasteiger partial charge in [-0.3, -0.25) is 4.79 Å². The van der Waals surface area contributed by atoms with Gasteiger partial charge in [0.25, 0.3) is 0 Å². The van der Waals surface area contributed by atoms with Crippen molar-refractivity contribution in [1.82, 2.24) is 19.8 Å². The zero-order valence-electron chi connectivity index (χ0n) is 18.5. The fourth-order valence-corrected chi connectivity index (χ4v) is 5.60. The fourth-order valence-electron chi connectivity index (χ4n) is 4.76. The number of sulfone groups is 1. The number of anilines is 1. The molecule has 1 amide bonds. The Bertz CT molecular complexity index is 932. The quantitative estimate of drug-likeness (QED) is 0.649. The highest BCUT2D eigenvalue weighted by molar-refractivity contribution is 7.90. The van der Waals surface area contributed by atoms with Crippen LogP contribution in [0.4, 0.5) is 5.95 Å². The van der Waals surface area contributed by atoms with Crippen LogP contribution in [0.1, 0.15) is 43.7 Å². The number of carbonyl (C=O) groups is 1.